The van der Waals surface area contributed by atoms with Gasteiger partial charge in [-0.15, -0.1) is 10.2 Å². The third-order valence-electron chi connectivity index (χ3n) is 3.86. The normalized spacial score (nSPS) is 10.6. The summed E-state index contributed by atoms with van der Waals surface area (Å²) in [4.78, 5) is 0. The second kappa shape index (κ2) is 8.35. The molecule has 0 saturated heterocycles. The van der Waals surface area contributed by atoms with Crippen LogP contribution in [0.4, 0.5) is 0 Å². The molecule has 1 N–H and O–H groups in total. The highest BCUT2D eigenvalue weighted by atomic mass is 16.5. The van der Waals surface area contributed by atoms with Crippen LogP contribution in [0.3, 0.4) is 0 Å². The van der Waals surface area contributed by atoms with E-state index in [1.54, 1.807) is 21.3 Å². The van der Waals surface area contributed by atoms with E-state index in [4.69, 9.17) is 18.6 Å². The molecule has 0 unspecified atom stereocenters. The molecule has 136 valence electrons. The first-order chi connectivity index (χ1) is 12.7. The largest absolute Gasteiger partial charge is 0.497 e. The van der Waals surface area contributed by atoms with Crippen molar-refractivity contribution in [3.63, 3.8) is 0 Å². The van der Waals surface area contributed by atoms with Gasteiger partial charge in [-0.25, -0.2) is 0 Å². The molecule has 0 amide bonds. The number of ether oxygens (including phenoxy) is 3. The summed E-state index contributed by atoms with van der Waals surface area (Å²) in [5, 5.41) is 11.4. The molecule has 0 aliphatic carbocycles. The van der Waals surface area contributed by atoms with Crippen LogP contribution in [-0.4, -0.2) is 31.5 Å². The number of hydrogen-bond donors (Lipinski definition) is 1. The Kier molecular flexibility index (Phi) is 5.70. The number of methoxy groups -OCH3 is 3. The Morgan fingerprint density at radius 1 is 0.846 bits per heavy atom. The van der Waals surface area contributed by atoms with Gasteiger partial charge in [0.2, 0.25) is 11.8 Å². The van der Waals surface area contributed by atoms with Crippen LogP contribution >= 0.6 is 0 Å². The molecular formula is C19H21N3O4. The number of aromatic nitrogens is 2. The first-order valence-electron chi connectivity index (χ1n) is 8.12. The molecule has 1 heterocycles. The van der Waals surface area contributed by atoms with Crippen LogP contribution < -0.4 is 19.5 Å². The van der Waals surface area contributed by atoms with E-state index in [0.717, 1.165) is 16.9 Å². The minimum Gasteiger partial charge on any atom is -0.497 e. The topological polar surface area (TPSA) is 78.6 Å². The Bertz CT molecular complexity index is 846. The van der Waals surface area contributed by atoms with Gasteiger partial charge in [-0.3, -0.25) is 0 Å². The third kappa shape index (κ3) is 4.12. The van der Waals surface area contributed by atoms with Crippen LogP contribution in [0, 0.1) is 0 Å². The summed E-state index contributed by atoms with van der Waals surface area (Å²) in [6.45, 7) is 1.11. The van der Waals surface area contributed by atoms with Crippen molar-refractivity contribution in [2.75, 3.05) is 21.3 Å². The van der Waals surface area contributed by atoms with E-state index in [-0.39, 0.29) is 0 Å². The molecule has 0 bridgehead atoms. The quantitative estimate of drug-likeness (QED) is 0.665. The third-order valence-corrected chi connectivity index (χ3v) is 3.86. The van der Waals surface area contributed by atoms with Crippen molar-refractivity contribution < 1.29 is 18.6 Å². The maximum Gasteiger partial charge on any atom is 0.247 e. The van der Waals surface area contributed by atoms with E-state index in [9.17, 15) is 0 Å². The van der Waals surface area contributed by atoms with Crippen LogP contribution in [-0.2, 0) is 13.1 Å². The van der Waals surface area contributed by atoms with E-state index in [0.29, 0.717) is 36.4 Å². The predicted molar refractivity (Wildman–Crippen MR) is 96.4 cm³/mol. The van der Waals surface area contributed by atoms with E-state index in [2.05, 4.69) is 15.5 Å². The van der Waals surface area contributed by atoms with Gasteiger partial charge >= 0.3 is 0 Å². The highest BCUT2D eigenvalue weighted by molar-refractivity contribution is 5.53. The van der Waals surface area contributed by atoms with E-state index < -0.39 is 0 Å². The Balaban J connectivity index is 1.58. The van der Waals surface area contributed by atoms with Gasteiger partial charge in [-0.1, -0.05) is 6.07 Å². The smallest absolute Gasteiger partial charge is 0.247 e. The maximum absolute atomic E-state index is 5.69. The molecule has 7 heteroatoms. The molecule has 2 aromatic carbocycles. The molecule has 26 heavy (non-hydrogen) atoms. The minimum absolute atomic E-state index is 0.470. The van der Waals surface area contributed by atoms with Gasteiger partial charge in [0, 0.05) is 12.1 Å². The zero-order chi connectivity index (χ0) is 18.4. The van der Waals surface area contributed by atoms with Crippen molar-refractivity contribution in [2.24, 2.45) is 0 Å². The van der Waals surface area contributed by atoms with Crippen molar-refractivity contribution in [2.45, 2.75) is 13.1 Å². The maximum atomic E-state index is 5.69. The van der Waals surface area contributed by atoms with Gasteiger partial charge in [-0.2, -0.15) is 0 Å². The minimum atomic E-state index is 0.470. The summed E-state index contributed by atoms with van der Waals surface area (Å²) in [6, 6.07) is 13.3. The van der Waals surface area contributed by atoms with Crippen molar-refractivity contribution in [3.05, 3.63) is 53.9 Å². The Labute approximate surface area is 151 Å². The number of nitrogens with one attached hydrogen (secondary N) is 1. The highest BCUT2D eigenvalue weighted by Crippen LogP contribution is 2.27. The fourth-order valence-corrected chi connectivity index (χ4v) is 2.48. The van der Waals surface area contributed by atoms with Gasteiger partial charge < -0.3 is 23.9 Å². The molecule has 0 spiro atoms. The Morgan fingerprint density at radius 3 is 2.31 bits per heavy atom. The van der Waals surface area contributed by atoms with E-state index >= 15 is 0 Å². The van der Waals surface area contributed by atoms with E-state index in [1.165, 1.54) is 0 Å². The van der Waals surface area contributed by atoms with Crippen LogP contribution in [0.15, 0.2) is 46.9 Å². The van der Waals surface area contributed by atoms with Crippen molar-refractivity contribution >= 4 is 0 Å². The highest BCUT2D eigenvalue weighted by Gasteiger charge is 2.09. The van der Waals surface area contributed by atoms with Crippen LogP contribution in [0.5, 0.6) is 17.2 Å². The lowest BCUT2D eigenvalue weighted by Gasteiger charge is -2.09. The van der Waals surface area contributed by atoms with Gasteiger partial charge in [0.05, 0.1) is 27.9 Å². The summed E-state index contributed by atoms with van der Waals surface area (Å²) < 4.78 is 21.4. The van der Waals surface area contributed by atoms with Gasteiger partial charge in [-0.05, 0) is 42.0 Å². The molecule has 0 saturated carbocycles. The molecule has 0 aliphatic heterocycles. The second-order valence-corrected chi connectivity index (χ2v) is 5.52. The average molecular weight is 355 g/mol. The lowest BCUT2D eigenvalue weighted by molar-refractivity contribution is 0.354. The first kappa shape index (κ1) is 17.8. The Morgan fingerprint density at radius 2 is 1.62 bits per heavy atom. The van der Waals surface area contributed by atoms with Crippen LogP contribution in [0.25, 0.3) is 11.5 Å². The van der Waals surface area contributed by atoms with Crippen molar-refractivity contribution in [1.29, 1.82) is 0 Å². The van der Waals surface area contributed by atoms with Gasteiger partial charge in [0.1, 0.15) is 5.75 Å². The lowest BCUT2D eigenvalue weighted by atomic mass is 10.2. The fraction of sp³-hybridized carbons (Fsp3) is 0.263. The molecule has 0 radical (unpaired) electrons. The first-order valence-corrected chi connectivity index (χ1v) is 8.12. The van der Waals surface area contributed by atoms with Crippen LogP contribution in [0.2, 0.25) is 0 Å². The molecular weight excluding hydrogens is 334 g/mol. The number of benzene rings is 2. The molecule has 0 aliphatic rings. The molecule has 0 atom stereocenters. The standard InChI is InChI=1S/C19H21N3O4/c1-23-15-7-5-14(6-8-15)19-22-21-18(26-19)12-20-11-13-4-9-16(24-2)17(10-13)25-3/h4-10,20H,11-12H2,1-3H3. The number of nitrogens with zero attached hydrogens (tertiary/aromatic N) is 2. The number of rotatable bonds is 8. The van der Waals surface area contributed by atoms with Gasteiger partial charge in [0.25, 0.3) is 0 Å². The Hall–Kier alpha value is -3.06. The SMILES string of the molecule is COc1ccc(-c2nnc(CNCc3ccc(OC)c(OC)c3)o2)cc1. The average Bonchev–Trinajstić information content (AvgIpc) is 3.16. The molecule has 3 rings (SSSR count). The number of hydrogen-bond acceptors (Lipinski definition) is 7. The molecule has 0 fully saturated rings. The summed E-state index contributed by atoms with van der Waals surface area (Å²) in [6.07, 6.45) is 0. The summed E-state index contributed by atoms with van der Waals surface area (Å²) in [7, 11) is 4.86. The van der Waals surface area contributed by atoms with E-state index in [1.807, 2.05) is 42.5 Å². The zero-order valence-electron chi connectivity index (χ0n) is 15.0. The molecule has 7 nitrogen and oxygen atoms in total. The molecule has 1 aromatic heterocycles. The lowest BCUT2D eigenvalue weighted by Crippen LogP contribution is -2.13. The monoisotopic (exact) mass is 355 g/mol. The fourth-order valence-electron chi connectivity index (χ4n) is 2.48. The molecule has 3 aromatic rings. The summed E-state index contributed by atoms with van der Waals surface area (Å²) in [5.41, 5.74) is 1.92. The van der Waals surface area contributed by atoms with Crippen molar-refractivity contribution in [1.82, 2.24) is 15.5 Å². The second-order valence-electron chi connectivity index (χ2n) is 5.52. The predicted octanol–water partition coefficient (Wildman–Crippen LogP) is 3.05. The zero-order valence-corrected chi connectivity index (χ0v) is 15.0. The van der Waals surface area contributed by atoms with Crippen LogP contribution in [0.1, 0.15) is 11.5 Å². The van der Waals surface area contributed by atoms with Crippen molar-refractivity contribution in [3.8, 4) is 28.7 Å². The summed E-state index contributed by atoms with van der Waals surface area (Å²) >= 11 is 0. The van der Waals surface area contributed by atoms with Gasteiger partial charge in [0.15, 0.2) is 11.5 Å². The summed E-state index contributed by atoms with van der Waals surface area (Å²) in [5.74, 6) is 3.20.